The Balaban J connectivity index is 2.19. The standard InChI is InChI=1S/C15H16O3/c16-13-7-10-15(11-8-13,14(17)18)9-6-12-4-2-1-3-5-12/h1-6,9H,7-8,10-11H2,(H,17,18)/b9-6+. The van der Waals surface area contributed by atoms with Crippen LogP contribution in [0.1, 0.15) is 31.2 Å². The van der Waals surface area contributed by atoms with Crippen LogP contribution in [-0.2, 0) is 9.59 Å². The fourth-order valence-corrected chi connectivity index (χ4v) is 2.25. The molecule has 0 spiro atoms. The van der Waals surface area contributed by atoms with E-state index in [9.17, 15) is 14.7 Å². The van der Waals surface area contributed by atoms with Gasteiger partial charge in [0.25, 0.3) is 0 Å². The first-order valence-corrected chi connectivity index (χ1v) is 6.12. The average molecular weight is 244 g/mol. The van der Waals surface area contributed by atoms with Crippen LogP contribution in [0.5, 0.6) is 0 Å². The number of carboxylic acid groups (broad SMARTS) is 1. The van der Waals surface area contributed by atoms with Crippen LogP contribution in [-0.4, -0.2) is 16.9 Å². The highest BCUT2D eigenvalue weighted by Gasteiger charge is 2.39. The fraction of sp³-hybridized carbons (Fsp3) is 0.333. The molecule has 94 valence electrons. The predicted octanol–water partition coefficient (Wildman–Crippen LogP) is 2.91. The third kappa shape index (κ3) is 2.67. The van der Waals surface area contributed by atoms with E-state index in [2.05, 4.69) is 0 Å². The number of carbonyl (C=O) groups is 2. The van der Waals surface area contributed by atoms with Gasteiger partial charge in [0.05, 0.1) is 5.41 Å². The molecule has 1 aliphatic carbocycles. The van der Waals surface area contributed by atoms with Gasteiger partial charge in [0.2, 0.25) is 0 Å². The van der Waals surface area contributed by atoms with E-state index in [-0.39, 0.29) is 5.78 Å². The first-order valence-electron chi connectivity index (χ1n) is 6.12. The van der Waals surface area contributed by atoms with E-state index in [1.807, 2.05) is 36.4 Å². The lowest BCUT2D eigenvalue weighted by Gasteiger charge is -2.29. The summed E-state index contributed by atoms with van der Waals surface area (Å²) in [5, 5.41) is 9.39. The van der Waals surface area contributed by atoms with Gasteiger partial charge in [0.15, 0.2) is 0 Å². The van der Waals surface area contributed by atoms with Crippen LogP contribution >= 0.6 is 0 Å². The van der Waals surface area contributed by atoms with Crippen molar-refractivity contribution in [2.45, 2.75) is 25.7 Å². The van der Waals surface area contributed by atoms with Gasteiger partial charge < -0.3 is 5.11 Å². The summed E-state index contributed by atoms with van der Waals surface area (Å²) >= 11 is 0. The zero-order chi connectivity index (χ0) is 13.0. The van der Waals surface area contributed by atoms with Crippen molar-refractivity contribution < 1.29 is 14.7 Å². The van der Waals surface area contributed by atoms with E-state index < -0.39 is 11.4 Å². The van der Waals surface area contributed by atoms with E-state index >= 15 is 0 Å². The lowest BCUT2D eigenvalue weighted by Crippen LogP contribution is -2.33. The lowest BCUT2D eigenvalue weighted by molar-refractivity contribution is -0.148. The van der Waals surface area contributed by atoms with Crippen LogP contribution < -0.4 is 0 Å². The molecular weight excluding hydrogens is 228 g/mol. The molecule has 0 aliphatic heterocycles. The highest BCUT2D eigenvalue weighted by atomic mass is 16.4. The highest BCUT2D eigenvalue weighted by molar-refractivity contribution is 5.85. The second kappa shape index (κ2) is 5.17. The summed E-state index contributed by atoms with van der Waals surface area (Å²) in [5.41, 5.74) is 0.110. The van der Waals surface area contributed by atoms with Crippen LogP contribution in [0, 0.1) is 5.41 Å². The van der Waals surface area contributed by atoms with E-state index in [1.54, 1.807) is 6.08 Å². The van der Waals surface area contributed by atoms with E-state index in [4.69, 9.17) is 0 Å². The van der Waals surface area contributed by atoms with Crippen LogP contribution in [0.15, 0.2) is 36.4 Å². The van der Waals surface area contributed by atoms with Gasteiger partial charge in [-0.1, -0.05) is 42.5 Å². The topological polar surface area (TPSA) is 54.4 Å². The molecule has 1 aliphatic rings. The minimum Gasteiger partial charge on any atom is -0.481 e. The van der Waals surface area contributed by atoms with Gasteiger partial charge in [-0.2, -0.15) is 0 Å². The molecule has 0 heterocycles. The SMILES string of the molecule is O=C1CCC(/C=C/c2ccccc2)(C(=O)O)CC1. The average Bonchev–Trinajstić information content (AvgIpc) is 2.39. The smallest absolute Gasteiger partial charge is 0.313 e. The van der Waals surface area contributed by atoms with Crippen molar-refractivity contribution >= 4 is 17.8 Å². The van der Waals surface area contributed by atoms with Crippen molar-refractivity contribution in [3.63, 3.8) is 0 Å². The molecule has 1 aromatic rings. The summed E-state index contributed by atoms with van der Waals surface area (Å²) in [6.07, 6.45) is 5.13. The summed E-state index contributed by atoms with van der Waals surface area (Å²) < 4.78 is 0. The zero-order valence-corrected chi connectivity index (χ0v) is 10.1. The maximum absolute atomic E-state index is 11.4. The Morgan fingerprint density at radius 2 is 1.78 bits per heavy atom. The molecule has 18 heavy (non-hydrogen) atoms. The molecule has 0 aromatic heterocycles. The second-order valence-corrected chi connectivity index (χ2v) is 4.74. The molecule has 0 saturated heterocycles. The first-order chi connectivity index (χ1) is 8.62. The second-order valence-electron chi connectivity index (χ2n) is 4.74. The first kappa shape index (κ1) is 12.6. The molecule has 3 heteroatoms. The molecule has 0 radical (unpaired) electrons. The Bertz CT molecular complexity index is 464. The van der Waals surface area contributed by atoms with Crippen LogP contribution in [0.25, 0.3) is 6.08 Å². The molecule has 3 nitrogen and oxygen atoms in total. The molecule has 0 atom stereocenters. The number of rotatable bonds is 3. The largest absolute Gasteiger partial charge is 0.481 e. The Hall–Kier alpha value is -1.90. The van der Waals surface area contributed by atoms with Gasteiger partial charge in [-0.3, -0.25) is 9.59 Å². The van der Waals surface area contributed by atoms with Gasteiger partial charge in [-0.25, -0.2) is 0 Å². The van der Waals surface area contributed by atoms with E-state index in [1.165, 1.54) is 0 Å². The number of aliphatic carboxylic acids is 1. The number of Topliss-reactive ketones (excluding diaryl/α,β-unsaturated/α-hetero) is 1. The van der Waals surface area contributed by atoms with Gasteiger partial charge in [0.1, 0.15) is 5.78 Å². The van der Waals surface area contributed by atoms with Crippen LogP contribution in [0.3, 0.4) is 0 Å². The summed E-state index contributed by atoms with van der Waals surface area (Å²) in [5.74, 6) is -0.665. The molecule has 1 saturated carbocycles. The van der Waals surface area contributed by atoms with Crippen molar-refractivity contribution in [1.82, 2.24) is 0 Å². The lowest BCUT2D eigenvalue weighted by atomic mass is 9.73. The summed E-state index contributed by atoms with van der Waals surface area (Å²) in [6, 6.07) is 9.61. The van der Waals surface area contributed by atoms with Crippen molar-refractivity contribution in [1.29, 1.82) is 0 Å². The summed E-state index contributed by atoms with van der Waals surface area (Å²) in [6.45, 7) is 0. The Morgan fingerprint density at radius 1 is 1.17 bits per heavy atom. The van der Waals surface area contributed by atoms with E-state index in [0.29, 0.717) is 25.7 Å². The molecule has 0 bridgehead atoms. The minimum atomic E-state index is -0.871. The van der Waals surface area contributed by atoms with Crippen LogP contribution in [0.4, 0.5) is 0 Å². The molecule has 0 unspecified atom stereocenters. The van der Waals surface area contributed by atoms with Crippen molar-refractivity contribution in [3.05, 3.63) is 42.0 Å². The molecule has 0 amide bonds. The number of carbonyl (C=O) groups excluding carboxylic acids is 1. The molecule has 1 fully saturated rings. The Labute approximate surface area is 106 Å². The van der Waals surface area contributed by atoms with Crippen LogP contribution in [0.2, 0.25) is 0 Å². The fourth-order valence-electron chi connectivity index (χ4n) is 2.25. The molecule has 2 rings (SSSR count). The highest BCUT2D eigenvalue weighted by Crippen LogP contribution is 2.37. The zero-order valence-electron chi connectivity index (χ0n) is 10.1. The third-order valence-electron chi connectivity index (χ3n) is 3.52. The molecular formula is C15H16O3. The van der Waals surface area contributed by atoms with Crippen molar-refractivity contribution in [3.8, 4) is 0 Å². The minimum absolute atomic E-state index is 0.167. The maximum Gasteiger partial charge on any atom is 0.313 e. The van der Waals surface area contributed by atoms with Crippen molar-refractivity contribution in [2.75, 3.05) is 0 Å². The van der Waals surface area contributed by atoms with Gasteiger partial charge in [0, 0.05) is 12.8 Å². The number of benzene rings is 1. The van der Waals surface area contributed by atoms with Crippen molar-refractivity contribution in [2.24, 2.45) is 5.41 Å². The molecule has 1 N–H and O–H groups in total. The number of carboxylic acids is 1. The number of ketones is 1. The predicted molar refractivity (Wildman–Crippen MR) is 69.0 cm³/mol. The quantitative estimate of drug-likeness (QED) is 0.889. The maximum atomic E-state index is 11.4. The normalized spacial score (nSPS) is 19.0. The summed E-state index contributed by atoms with van der Waals surface area (Å²) in [7, 11) is 0. The van der Waals surface area contributed by atoms with Gasteiger partial charge >= 0.3 is 5.97 Å². The van der Waals surface area contributed by atoms with Gasteiger partial charge in [-0.15, -0.1) is 0 Å². The number of hydrogen-bond donors (Lipinski definition) is 1. The monoisotopic (exact) mass is 244 g/mol. The molecule has 1 aromatic carbocycles. The Morgan fingerprint density at radius 3 is 2.33 bits per heavy atom. The Kier molecular flexibility index (Phi) is 3.60. The van der Waals surface area contributed by atoms with E-state index in [0.717, 1.165) is 5.56 Å². The summed E-state index contributed by atoms with van der Waals surface area (Å²) in [4.78, 5) is 22.7. The van der Waals surface area contributed by atoms with Gasteiger partial charge in [-0.05, 0) is 18.4 Å². The third-order valence-corrected chi connectivity index (χ3v) is 3.52. The number of hydrogen-bond acceptors (Lipinski definition) is 2.